The van der Waals surface area contributed by atoms with E-state index in [1.54, 1.807) is 0 Å². The molecule has 0 amide bonds. The minimum absolute atomic E-state index is 1.15. The third kappa shape index (κ3) is 19.4. The monoisotopic (exact) mass is 528 g/mol. The first-order chi connectivity index (χ1) is 13.8. The van der Waals surface area contributed by atoms with Gasteiger partial charge in [0.05, 0.1) is 0 Å². The van der Waals surface area contributed by atoms with E-state index in [0.717, 1.165) is 22.1 Å². The first-order valence-corrected chi connectivity index (χ1v) is 11.9. The molecular formula is C14H14F12N4P2. The molecule has 18 heteroatoms. The second kappa shape index (κ2) is 7.48. The zero-order chi connectivity index (χ0) is 25.0. The predicted molar refractivity (Wildman–Crippen MR) is 96.8 cm³/mol. The fourth-order valence-electron chi connectivity index (χ4n) is 1.85. The van der Waals surface area contributed by atoms with Gasteiger partial charge in [-0.15, -0.1) is 0 Å². The van der Waals surface area contributed by atoms with Gasteiger partial charge in [-0.05, 0) is 24.3 Å². The minimum Gasteiger partial charge on any atom is -0.244 e. The Labute approximate surface area is 170 Å². The number of aromatic nitrogens is 4. The molecule has 4 aromatic rings. The number of rotatable bonds is 0. The molecule has 0 spiro atoms. The fraction of sp³-hybridized carbons (Fsp3) is 0. The molecule has 2 aromatic heterocycles. The topological polar surface area (TPSA) is 59.9 Å². The van der Waals surface area contributed by atoms with E-state index in [0.29, 0.717) is 0 Å². The molecule has 0 bridgehead atoms. The van der Waals surface area contributed by atoms with E-state index in [1.165, 1.54) is 0 Å². The SMILES string of the molecule is F[P-](F)(F)(F)(F)F.F[P-](F)(F)(F)(F)F.c1ccc2[nH+]c[nH]c2c1.c1ccc2[nH+]c[nH]c2c1. The Morgan fingerprint density at radius 3 is 0.969 bits per heavy atom. The average Bonchev–Trinajstić information content (AvgIpc) is 3.18. The number of benzene rings is 2. The second-order valence-corrected chi connectivity index (χ2v) is 9.71. The Balaban J connectivity index is 0.000000216. The van der Waals surface area contributed by atoms with Gasteiger partial charge < -0.3 is 0 Å². The van der Waals surface area contributed by atoms with Crippen molar-refractivity contribution in [1.29, 1.82) is 0 Å². The van der Waals surface area contributed by atoms with Crippen LogP contribution in [0.4, 0.5) is 50.4 Å². The zero-order valence-electron chi connectivity index (χ0n) is 15.2. The molecule has 0 radical (unpaired) electrons. The van der Waals surface area contributed by atoms with Crippen LogP contribution in [0.25, 0.3) is 22.1 Å². The molecule has 0 aliphatic rings. The van der Waals surface area contributed by atoms with Crippen molar-refractivity contribution in [3.63, 3.8) is 0 Å². The van der Waals surface area contributed by atoms with Crippen molar-refractivity contribution in [3.05, 3.63) is 61.2 Å². The van der Waals surface area contributed by atoms with Crippen LogP contribution in [0, 0.1) is 0 Å². The van der Waals surface area contributed by atoms with Gasteiger partial charge in [0.1, 0.15) is 0 Å². The van der Waals surface area contributed by atoms with E-state index in [4.69, 9.17) is 0 Å². The van der Waals surface area contributed by atoms with Crippen LogP contribution in [-0.2, 0) is 0 Å². The van der Waals surface area contributed by atoms with E-state index in [9.17, 15) is 50.4 Å². The molecular weight excluding hydrogens is 514 g/mol. The van der Waals surface area contributed by atoms with Gasteiger partial charge in [-0.3, -0.25) is 0 Å². The Morgan fingerprint density at radius 1 is 0.469 bits per heavy atom. The molecule has 4 N–H and O–H groups in total. The number of imidazole rings is 2. The number of para-hydroxylation sites is 4. The van der Waals surface area contributed by atoms with Crippen LogP contribution in [0.1, 0.15) is 0 Å². The van der Waals surface area contributed by atoms with Crippen LogP contribution in [0.2, 0.25) is 0 Å². The number of hydrogen-bond donors (Lipinski definition) is 2. The molecule has 2 heterocycles. The third-order valence-electron chi connectivity index (χ3n) is 2.76. The summed E-state index contributed by atoms with van der Waals surface area (Å²) in [6.07, 6.45) is 3.65. The van der Waals surface area contributed by atoms with Crippen LogP contribution in [0.15, 0.2) is 61.2 Å². The van der Waals surface area contributed by atoms with Crippen LogP contribution in [0.3, 0.4) is 0 Å². The van der Waals surface area contributed by atoms with E-state index in [-0.39, 0.29) is 0 Å². The van der Waals surface area contributed by atoms with Gasteiger partial charge >= 0.3 is 66.0 Å². The molecule has 0 saturated heterocycles. The summed E-state index contributed by atoms with van der Waals surface area (Å²) in [5.74, 6) is 0. The number of aromatic amines is 4. The van der Waals surface area contributed by atoms with Crippen LogP contribution in [-0.4, -0.2) is 9.97 Å². The Morgan fingerprint density at radius 2 is 0.719 bits per heavy atom. The summed E-state index contributed by atoms with van der Waals surface area (Å²) >= 11 is 0. The summed E-state index contributed by atoms with van der Waals surface area (Å²) in [5.41, 5.74) is 4.60. The summed E-state index contributed by atoms with van der Waals surface area (Å²) < 4.78 is 118. The Kier molecular flexibility index (Phi) is 6.41. The maximum absolute atomic E-state index is 10.7. The summed E-state index contributed by atoms with van der Waals surface area (Å²) in [7, 11) is -21.3. The smallest absolute Gasteiger partial charge is 0.240 e. The molecule has 0 aliphatic carbocycles. The standard InChI is InChI=1S/2C7H6N2.2F6P/c2*1-2-4-7-6(3-1)8-5-9-7;2*1-7(2,3,4,5)6/h2*1-5H,(H,8,9);;/q;;2*-1/p+2. The van der Waals surface area contributed by atoms with Crippen molar-refractivity contribution >= 4 is 37.7 Å². The number of H-pyrrole nitrogens is 4. The number of halogens is 12. The van der Waals surface area contributed by atoms with Gasteiger partial charge in [0.25, 0.3) is 0 Å². The first kappa shape index (κ1) is 27.4. The molecule has 184 valence electrons. The zero-order valence-corrected chi connectivity index (χ0v) is 17.0. The molecule has 4 rings (SSSR count). The van der Waals surface area contributed by atoms with Gasteiger partial charge in [-0.2, -0.15) is 0 Å². The van der Waals surface area contributed by atoms with Gasteiger partial charge in [0.2, 0.25) is 12.7 Å². The van der Waals surface area contributed by atoms with E-state index >= 15 is 0 Å². The van der Waals surface area contributed by atoms with Gasteiger partial charge in [-0.25, -0.2) is 19.9 Å². The van der Waals surface area contributed by atoms with Crippen molar-refractivity contribution < 1.29 is 60.3 Å². The van der Waals surface area contributed by atoms with Gasteiger partial charge in [-0.1, -0.05) is 24.3 Å². The molecule has 32 heavy (non-hydrogen) atoms. The van der Waals surface area contributed by atoms with Crippen molar-refractivity contribution in [1.82, 2.24) is 9.97 Å². The van der Waals surface area contributed by atoms with Crippen LogP contribution >= 0.6 is 15.6 Å². The van der Waals surface area contributed by atoms with E-state index in [1.807, 2.05) is 61.2 Å². The van der Waals surface area contributed by atoms with Crippen molar-refractivity contribution in [3.8, 4) is 0 Å². The van der Waals surface area contributed by atoms with Crippen LogP contribution in [0.5, 0.6) is 0 Å². The summed E-state index contributed by atoms with van der Waals surface area (Å²) in [5, 5.41) is 0. The van der Waals surface area contributed by atoms with Crippen LogP contribution < -0.4 is 9.97 Å². The number of nitrogens with one attached hydrogen (secondary N) is 4. The summed E-state index contributed by atoms with van der Waals surface area (Å²) in [6.45, 7) is 0. The Bertz CT molecular complexity index is 987. The second-order valence-electron chi connectivity index (χ2n) is 5.87. The normalized spacial score (nSPS) is 15.9. The van der Waals surface area contributed by atoms with Crippen molar-refractivity contribution in [2.75, 3.05) is 0 Å². The third-order valence-corrected chi connectivity index (χ3v) is 2.76. The molecule has 0 unspecified atom stereocenters. The fourth-order valence-corrected chi connectivity index (χ4v) is 1.85. The summed E-state index contributed by atoms with van der Waals surface area (Å²) in [4.78, 5) is 12.3. The molecule has 4 nitrogen and oxygen atoms in total. The van der Waals surface area contributed by atoms with Gasteiger partial charge in [0, 0.05) is 0 Å². The van der Waals surface area contributed by atoms with Crippen molar-refractivity contribution in [2.45, 2.75) is 0 Å². The first-order valence-electron chi connectivity index (χ1n) is 7.84. The molecule has 0 fully saturated rings. The number of hydrogen-bond acceptors (Lipinski definition) is 0. The van der Waals surface area contributed by atoms with Crippen molar-refractivity contribution in [2.24, 2.45) is 0 Å². The number of fused-ring (bicyclic) bond motifs is 2. The maximum atomic E-state index is 9.87. The van der Waals surface area contributed by atoms with E-state index in [2.05, 4.69) is 19.9 Å². The predicted octanol–water partition coefficient (Wildman–Crippen LogP) is 8.73. The van der Waals surface area contributed by atoms with Gasteiger partial charge in [0.15, 0.2) is 22.1 Å². The van der Waals surface area contributed by atoms with E-state index < -0.39 is 15.6 Å². The average molecular weight is 528 g/mol. The molecule has 0 saturated carbocycles. The molecule has 0 aliphatic heterocycles. The maximum Gasteiger partial charge on any atom is 0.240 e. The largest absolute Gasteiger partial charge is 0.244 e. The quantitative estimate of drug-likeness (QED) is 0.170. The minimum atomic E-state index is -10.7. The Hall–Kier alpha value is -2.60. The molecule has 0 atom stereocenters. The summed E-state index contributed by atoms with van der Waals surface area (Å²) in [6, 6.07) is 16.2. The molecule has 2 aromatic carbocycles.